The lowest BCUT2D eigenvalue weighted by molar-refractivity contribution is -0.137. The van der Waals surface area contributed by atoms with Crippen molar-refractivity contribution >= 4 is 22.6 Å². The SMILES string of the molecule is Cc1sc2nc(-c3ccc(C(F)(F)F)cc3)c(C=O)n2c1C. The molecule has 7 heteroatoms. The zero-order chi connectivity index (χ0) is 16.1. The first-order valence-corrected chi connectivity index (χ1v) is 7.26. The molecule has 22 heavy (non-hydrogen) atoms. The summed E-state index contributed by atoms with van der Waals surface area (Å²) in [7, 11) is 0. The summed E-state index contributed by atoms with van der Waals surface area (Å²) in [6.45, 7) is 3.81. The molecular formula is C15H11F3N2OS. The van der Waals surface area contributed by atoms with E-state index in [1.165, 1.54) is 23.5 Å². The molecule has 0 aliphatic carbocycles. The van der Waals surface area contributed by atoms with Crippen LogP contribution in [0.15, 0.2) is 24.3 Å². The van der Waals surface area contributed by atoms with Crippen LogP contribution in [-0.4, -0.2) is 15.7 Å². The molecule has 0 aliphatic heterocycles. The summed E-state index contributed by atoms with van der Waals surface area (Å²) in [5.74, 6) is 0. The largest absolute Gasteiger partial charge is 0.416 e. The molecule has 0 bridgehead atoms. The third kappa shape index (κ3) is 2.21. The van der Waals surface area contributed by atoms with Gasteiger partial charge in [-0.25, -0.2) is 4.98 Å². The number of carbonyl (C=O) groups is 1. The monoisotopic (exact) mass is 324 g/mol. The maximum atomic E-state index is 12.6. The van der Waals surface area contributed by atoms with Gasteiger partial charge in [-0.1, -0.05) is 12.1 Å². The van der Waals surface area contributed by atoms with Gasteiger partial charge in [0, 0.05) is 16.1 Å². The second kappa shape index (κ2) is 4.95. The maximum absolute atomic E-state index is 12.6. The number of aryl methyl sites for hydroxylation is 2. The summed E-state index contributed by atoms with van der Waals surface area (Å²) in [4.78, 5) is 17.5. The first-order valence-electron chi connectivity index (χ1n) is 6.44. The number of halogens is 3. The van der Waals surface area contributed by atoms with Crippen LogP contribution in [0.1, 0.15) is 26.6 Å². The third-order valence-corrected chi connectivity index (χ3v) is 4.63. The predicted octanol–water partition coefficient (Wildman–Crippen LogP) is 4.51. The average molecular weight is 324 g/mol. The van der Waals surface area contributed by atoms with E-state index in [4.69, 9.17) is 0 Å². The van der Waals surface area contributed by atoms with Crippen LogP contribution in [0, 0.1) is 13.8 Å². The number of aromatic nitrogens is 2. The molecule has 2 heterocycles. The highest BCUT2D eigenvalue weighted by Crippen LogP contribution is 2.33. The maximum Gasteiger partial charge on any atom is 0.416 e. The summed E-state index contributed by atoms with van der Waals surface area (Å²) in [5, 5.41) is 0. The van der Waals surface area contributed by atoms with Crippen molar-refractivity contribution in [2.45, 2.75) is 20.0 Å². The molecule has 0 spiro atoms. The minimum Gasteiger partial charge on any atom is -0.296 e. The van der Waals surface area contributed by atoms with Gasteiger partial charge in [-0.2, -0.15) is 13.2 Å². The minimum absolute atomic E-state index is 0.358. The molecule has 2 aromatic heterocycles. The Morgan fingerprint density at radius 1 is 1.18 bits per heavy atom. The summed E-state index contributed by atoms with van der Waals surface area (Å²) >= 11 is 1.44. The van der Waals surface area contributed by atoms with Gasteiger partial charge in [0.1, 0.15) is 11.4 Å². The van der Waals surface area contributed by atoms with Gasteiger partial charge < -0.3 is 0 Å². The predicted molar refractivity (Wildman–Crippen MR) is 78.4 cm³/mol. The van der Waals surface area contributed by atoms with E-state index in [2.05, 4.69) is 4.98 Å². The molecule has 3 aromatic rings. The zero-order valence-corrected chi connectivity index (χ0v) is 12.5. The summed E-state index contributed by atoms with van der Waals surface area (Å²) in [6.07, 6.45) is -3.69. The molecule has 0 atom stereocenters. The van der Waals surface area contributed by atoms with Crippen LogP contribution in [0.4, 0.5) is 13.2 Å². The number of carbonyl (C=O) groups excluding carboxylic acids is 1. The van der Waals surface area contributed by atoms with Crippen LogP contribution < -0.4 is 0 Å². The molecule has 114 valence electrons. The van der Waals surface area contributed by atoms with Crippen LogP contribution in [0.5, 0.6) is 0 Å². The van der Waals surface area contributed by atoms with Crippen molar-refractivity contribution in [3.05, 3.63) is 46.1 Å². The molecule has 0 radical (unpaired) electrons. The number of fused-ring (bicyclic) bond motifs is 1. The van der Waals surface area contributed by atoms with Gasteiger partial charge in [0.15, 0.2) is 11.2 Å². The lowest BCUT2D eigenvalue weighted by Gasteiger charge is -2.07. The number of benzene rings is 1. The molecule has 0 amide bonds. The third-order valence-electron chi connectivity index (χ3n) is 3.57. The first kappa shape index (κ1) is 14.8. The summed E-state index contributed by atoms with van der Waals surface area (Å²) in [6, 6.07) is 4.67. The number of imidazole rings is 1. The second-order valence-corrected chi connectivity index (χ2v) is 6.08. The number of alkyl halides is 3. The van der Waals surface area contributed by atoms with Gasteiger partial charge in [0.25, 0.3) is 0 Å². The molecular weight excluding hydrogens is 313 g/mol. The van der Waals surface area contributed by atoms with Gasteiger partial charge in [0.05, 0.1) is 5.56 Å². The number of rotatable bonds is 2. The Bertz CT molecular complexity index is 860. The van der Waals surface area contributed by atoms with Gasteiger partial charge in [-0.15, -0.1) is 11.3 Å². The van der Waals surface area contributed by atoms with E-state index < -0.39 is 11.7 Å². The molecule has 0 aliphatic rings. The number of thiazole rings is 1. The van der Waals surface area contributed by atoms with E-state index in [9.17, 15) is 18.0 Å². The molecule has 0 saturated heterocycles. The van der Waals surface area contributed by atoms with Crippen LogP contribution in [0.3, 0.4) is 0 Å². The quantitative estimate of drug-likeness (QED) is 0.650. The van der Waals surface area contributed by atoms with E-state index in [1.54, 1.807) is 4.40 Å². The Morgan fingerprint density at radius 2 is 1.82 bits per heavy atom. The van der Waals surface area contributed by atoms with Gasteiger partial charge in [-0.3, -0.25) is 9.20 Å². The van der Waals surface area contributed by atoms with Crippen LogP contribution in [0.25, 0.3) is 16.2 Å². The summed E-state index contributed by atoms with van der Waals surface area (Å²) in [5.41, 5.74) is 1.43. The number of nitrogens with zero attached hydrogens (tertiary/aromatic N) is 2. The van der Waals surface area contributed by atoms with Crippen LogP contribution in [0.2, 0.25) is 0 Å². The van der Waals surface area contributed by atoms with E-state index in [-0.39, 0.29) is 0 Å². The van der Waals surface area contributed by atoms with Crippen molar-refractivity contribution in [2.75, 3.05) is 0 Å². The van der Waals surface area contributed by atoms with Crippen molar-refractivity contribution in [3.63, 3.8) is 0 Å². The highest BCUT2D eigenvalue weighted by molar-refractivity contribution is 7.17. The Labute approximate surface area is 128 Å². The van der Waals surface area contributed by atoms with Crippen molar-refractivity contribution < 1.29 is 18.0 Å². The van der Waals surface area contributed by atoms with Gasteiger partial charge >= 0.3 is 6.18 Å². The van der Waals surface area contributed by atoms with Crippen molar-refractivity contribution in [1.29, 1.82) is 0 Å². The van der Waals surface area contributed by atoms with E-state index in [0.29, 0.717) is 28.2 Å². The minimum atomic E-state index is -4.38. The lowest BCUT2D eigenvalue weighted by atomic mass is 10.1. The standard InChI is InChI=1S/C15H11F3N2OS/c1-8-9(2)22-14-19-13(12(7-21)20(8)14)10-3-5-11(6-4-10)15(16,17)18/h3-7H,1-2H3. The van der Waals surface area contributed by atoms with Crippen molar-refractivity contribution in [3.8, 4) is 11.3 Å². The fraction of sp³-hybridized carbons (Fsp3) is 0.200. The normalized spacial score (nSPS) is 12.0. The van der Waals surface area contributed by atoms with Gasteiger partial charge in [-0.05, 0) is 26.0 Å². The van der Waals surface area contributed by atoms with E-state index >= 15 is 0 Å². The molecule has 3 rings (SSSR count). The average Bonchev–Trinajstić information content (AvgIpc) is 2.95. The molecule has 1 aromatic carbocycles. The van der Waals surface area contributed by atoms with Crippen LogP contribution >= 0.6 is 11.3 Å². The molecule has 0 fully saturated rings. The molecule has 0 saturated carbocycles. The van der Waals surface area contributed by atoms with E-state index in [1.807, 2.05) is 13.8 Å². The fourth-order valence-corrected chi connectivity index (χ4v) is 3.29. The highest BCUT2D eigenvalue weighted by atomic mass is 32.1. The topological polar surface area (TPSA) is 34.4 Å². The Hall–Kier alpha value is -2.15. The Morgan fingerprint density at radius 3 is 2.36 bits per heavy atom. The fourth-order valence-electron chi connectivity index (χ4n) is 2.31. The lowest BCUT2D eigenvalue weighted by Crippen LogP contribution is -2.04. The zero-order valence-electron chi connectivity index (χ0n) is 11.7. The smallest absolute Gasteiger partial charge is 0.296 e. The highest BCUT2D eigenvalue weighted by Gasteiger charge is 2.30. The van der Waals surface area contributed by atoms with Gasteiger partial charge in [0.2, 0.25) is 0 Å². The van der Waals surface area contributed by atoms with Crippen molar-refractivity contribution in [1.82, 2.24) is 9.38 Å². The molecule has 3 nitrogen and oxygen atoms in total. The number of hydrogen-bond acceptors (Lipinski definition) is 3. The Balaban J connectivity index is 2.16. The van der Waals surface area contributed by atoms with Crippen molar-refractivity contribution in [2.24, 2.45) is 0 Å². The molecule has 0 N–H and O–H groups in total. The first-order chi connectivity index (χ1) is 10.3. The number of hydrogen-bond donors (Lipinski definition) is 0. The van der Waals surface area contributed by atoms with E-state index in [0.717, 1.165) is 22.7 Å². The summed E-state index contributed by atoms with van der Waals surface area (Å²) < 4.78 is 39.6. The van der Waals surface area contributed by atoms with Crippen LogP contribution in [-0.2, 0) is 6.18 Å². The molecule has 0 unspecified atom stereocenters. The number of aldehydes is 1. The second-order valence-electron chi connectivity index (χ2n) is 4.90. The Kier molecular flexibility index (Phi) is 3.32.